The monoisotopic (exact) mass is 385 g/mol. The minimum absolute atomic E-state index is 0. The van der Waals surface area contributed by atoms with E-state index in [1.54, 1.807) is 6.92 Å². The molecule has 0 aliphatic rings. The first-order valence-electron chi connectivity index (χ1n) is 7.82. The maximum Gasteiger partial charge on any atom is 2.00 e. The summed E-state index contributed by atoms with van der Waals surface area (Å²) in [5.74, 6) is 3.71. The summed E-state index contributed by atoms with van der Waals surface area (Å²) in [7, 11) is -3.82. The van der Waals surface area contributed by atoms with Gasteiger partial charge < -0.3 is 12.5 Å². The van der Waals surface area contributed by atoms with E-state index in [0.717, 1.165) is 11.1 Å². The van der Waals surface area contributed by atoms with Crippen molar-refractivity contribution < 1.29 is 21.7 Å². The Morgan fingerprint density at radius 2 is 1.54 bits per heavy atom. The number of benzene rings is 1. The van der Waals surface area contributed by atoms with Crippen molar-refractivity contribution in [1.82, 2.24) is 0 Å². The van der Waals surface area contributed by atoms with Crippen molar-refractivity contribution in [3.63, 3.8) is 0 Å². The van der Waals surface area contributed by atoms with Crippen LogP contribution < -0.4 is 5.90 Å². The Bertz CT molecular complexity index is 571. The molecule has 0 bridgehead atoms. The third-order valence-corrected chi connectivity index (χ3v) is 5.55. The largest absolute Gasteiger partial charge is 2.00 e. The molecule has 0 fully saturated rings. The van der Waals surface area contributed by atoms with Crippen molar-refractivity contribution in [2.45, 2.75) is 65.1 Å². The van der Waals surface area contributed by atoms with Gasteiger partial charge in [-0.05, 0) is 34.4 Å². The van der Waals surface area contributed by atoms with Gasteiger partial charge in [-0.1, -0.05) is 59.7 Å². The van der Waals surface area contributed by atoms with Gasteiger partial charge in [-0.25, -0.2) is 10.5 Å². The standard InChI is InChI=1S/C17H30NO4P.Ca.2H/c1-8-21-23(20,22-18)15(19)12-9-13(16(2,3)4)11-14(10-12)17(5,6)7;;;/h9-11,15,19H,8,18H2,1-7H3;;;/q;+2;2*-1. The minimum Gasteiger partial charge on any atom is -1.00 e. The maximum absolute atomic E-state index is 12.6. The zero-order valence-electron chi connectivity index (χ0n) is 17.9. The van der Waals surface area contributed by atoms with Crippen LogP contribution in [0.2, 0.25) is 0 Å². The van der Waals surface area contributed by atoms with Gasteiger partial charge in [0, 0.05) is 0 Å². The Kier molecular flexibility index (Phi) is 9.17. The van der Waals surface area contributed by atoms with Gasteiger partial charge >= 0.3 is 45.3 Å². The quantitative estimate of drug-likeness (QED) is 0.450. The molecule has 1 aromatic carbocycles. The molecule has 7 heteroatoms. The van der Waals surface area contributed by atoms with Crippen LogP contribution in [0.3, 0.4) is 0 Å². The summed E-state index contributed by atoms with van der Waals surface area (Å²) in [6.07, 6.45) is 0. The second-order valence-corrected chi connectivity index (χ2v) is 9.82. The molecule has 0 aliphatic carbocycles. The molecule has 0 amide bonds. The molecule has 5 nitrogen and oxygen atoms in total. The van der Waals surface area contributed by atoms with Gasteiger partial charge in [-0.3, -0.25) is 4.57 Å². The first-order valence-corrected chi connectivity index (χ1v) is 9.43. The van der Waals surface area contributed by atoms with Crippen LogP contribution >= 0.6 is 7.60 Å². The van der Waals surface area contributed by atoms with E-state index in [0.29, 0.717) is 5.56 Å². The van der Waals surface area contributed by atoms with E-state index in [1.807, 2.05) is 12.1 Å². The third kappa shape index (κ3) is 6.07. The van der Waals surface area contributed by atoms with Crippen LogP contribution in [0.15, 0.2) is 18.2 Å². The molecule has 136 valence electrons. The third-order valence-electron chi connectivity index (χ3n) is 3.74. The van der Waals surface area contributed by atoms with Crippen LogP contribution in [0.1, 0.15) is 73.9 Å². The predicted molar refractivity (Wildman–Crippen MR) is 101 cm³/mol. The van der Waals surface area contributed by atoms with Gasteiger partial charge in [0.2, 0.25) is 0 Å². The van der Waals surface area contributed by atoms with Crippen LogP contribution in [0.4, 0.5) is 0 Å². The van der Waals surface area contributed by atoms with Gasteiger partial charge in [0.25, 0.3) is 0 Å². The Morgan fingerprint density at radius 1 is 1.12 bits per heavy atom. The van der Waals surface area contributed by atoms with Crippen LogP contribution in [0, 0.1) is 0 Å². The van der Waals surface area contributed by atoms with E-state index in [9.17, 15) is 9.67 Å². The zero-order valence-corrected chi connectivity index (χ0v) is 19.0. The second-order valence-electron chi connectivity index (χ2n) is 7.78. The van der Waals surface area contributed by atoms with E-state index in [4.69, 9.17) is 10.4 Å². The van der Waals surface area contributed by atoms with Crippen molar-refractivity contribution in [3.8, 4) is 0 Å². The number of nitrogens with two attached hydrogens (primary N) is 1. The summed E-state index contributed by atoms with van der Waals surface area (Å²) in [5, 5.41) is 10.6. The van der Waals surface area contributed by atoms with Crippen LogP contribution in [-0.2, 0) is 24.5 Å². The van der Waals surface area contributed by atoms with E-state index in [-0.39, 0.29) is 58.0 Å². The molecular weight excluding hydrogens is 353 g/mol. The van der Waals surface area contributed by atoms with E-state index < -0.39 is 13.4 Å². The van der Waals surface area contributed by atoms with E-state index in [1.165, 1.54) is 0 Å². The fourth-order valence-electron chi connectivity index (χ4n) is 2.19. The van der Waals surface area contributed by atoms with Crippen LogP contribution in [0.5, 0.6) is 0 Å². The molecule has 0 aromatic heterocycles. The van der Waals surface area contributed by atoms with Gasteiger partial charge in [-0.15, -0.1) is 0 Å². The number of rotatable bonds is 5. The average Bonchev–Trinajstić information content (AvgIpc) is 2.44. The molecule has 0 saturated carbocycles. The van der Waals surface area contributed by atoms with Crippen LogP contribution in [-0.4, -0.2) is 49.5 Å². The van der Waals surface area contributed by atoms with Crippen molar-refractivity contribution >= 4 is 45.3 Å². The molecule has 3 N–H and O–H groups in total. The molecule has 24 heavy (non-hydrogen) atoms. The smallest absolute Gasteiger partial charge is 1.00 e. The molecule has 1 aromatic rings. The molecule has 1 rings (SSSR count). The second kappa shape index (κ2) is 8.96. The number of hydrogen-bond acceptors (Lipinski definition) is 5. The molecule has 2 unspecified atom stereocenters. The molecule has 2 atom stereocenters. The maximum atomic E-state index is 12.6. The first-order chi connectivity index (χ1) is 10.3. The van der Waals surface area contributed by atoms with Crippen molar-refractivity contribution in [2.24, 2.45) is 5.90 Å². The molecular formula is C17H32CaNO4P. The number of hydrogen-bond donors (Lipinski definition) is 2. The summed E-state index contributed by atoms with van der Waals surface area (Å²) < 4.78 is 22.2. The summed E-state index contributed by atoms with van der Waals surface area (Å²) in [6.45, 7) is 14.3. The summed E-state index contributed by atoms with van der Waals surface area (Å²) in [5.41, 5.74) is 2.34. The van der Waals surface area contributed by atoms with Crippen molar-refractivity contribution in [3.05, 3.63) is 34.9 Å². The number of aliphatic hydroxyl groups is 1. The molecule has 0 spiro atoms. The van der Waals surface area contributed by atoms with Crippen molar-refractivity contribution in [2.75, 3.05) is 6.61 Å². The minimum atomic E-state index is -3.82. The predicted octanol–water partition coefficient (Wildman–Crippen LogP) is 4.24. The van der Waals surface area contributed by atoms with Gasteiger partial charge in [-0.2, -0.15) is 0 Å². The van der Waals surface area contributed by atoms with Crippen LogP contribution in [0.25, 0.3) is 0 Å². The Balaban J connectivity index is -0.00000176. The molecule has 0 heterocycles. The van der Waals surface area contributed by atoms with Crippen molar-refractivity contribution in [1.29, 1.82) is 0 Å². The van der Waals surface area contributed by atoms with Gasteiger partial charge in [0.15, 0.2) is 5.85 Å². The first kappa shape index (κ1) is 24.5. The van der Waals surface area contributed by atoms with Gasteiger partial charge in [0.05, 0.1) is 6.61 Å². The molecule has 0 saturated heterocycles. The van der Waals surface area contributed by atoms with E-state index in [2.05, 4.69) is 52.2 Å². The fraction of sp³-hybridized carbons (Fsp3) is 0.647. The van der Waals surface area contributed by atoms with Gasteiger partial charge in [0.1, 0.15) is 0 Å². The zero-order chi connectivity index (χ0) is 18.1. The summed E-state index contributed by atoms with van der Waals surface area (Å²) in [4.78, 5) is 0. The normalized spacial score (nSPS) is 16.2. The number of aliphatic hydroxyl groups excluding tert-OH is 1. The van der Waals surface area contributed by atoms with E-state index >= 15 is 0 Å². The Hall–Kier alpha value is 0.550. The Labute approximate surface area is 178 Å². The Morgan fingerprint density at radius 3 is 1.83 bits per heavy atom. The molecule has 0 radical (unpaired) electrons. The molecule has 0 aliphatic heterocycles. The fourth-order valence-corrected chi connectivity index (χ4v) is 3.38. The topological polar surface area (TPSA) is 81.8 Å². The summed E-state index contributed by atoms with van der Waals surface area (Å²) in [6, 6.07) is 5.79. The SMILES string of the molecule is CCOP(=O)(ON)C(O)c1cc(C(C)(C)C)cc(C(C)(C)C)c1.[Ca+2].[H-].[H-]. The average molecular weight is 385 g/mol. The summed E-state index contributed by atoms with van der Waals surface area (Å²) >= 11 is 0.